The van der Waals surface area contributed by atoms with Gasteiger partial charge in [-0.3, -0.25) is 0 Å². The van der Waals surface area contributed by atoms with E-state index in [1.807, 2.05) is 20.8 Å². The minimum Gasteiger partial charge on any atom is -0.554 e. The van der Waals surface area contributed by atoms with Gasteiger partial charge in [0.1, 0.15) is 0 Å². The zero-order valence-corrected chi connectivity index (χ0v) is 12.6. The molecule has 1 unspecified atom stereocenters. The second kappa shape index (κ2) is 4.98. The van der Waals surface area contributed by atoms with E-state index in [1.54, 1.807) is 5.06 Å². The van der Waals surface area contributed by atoms with Crippen molar-refractivity contribution < 1.29 is 18.9 Å². The molecule has 3 aliphatic rings. The van der Waals surface area contributed by atoms with E-state index < -0.39 is 12.1 Å². The molecular weight excluding hydrogens is 259 g/mol. The average Bonchev–Trinajstić information content (AvgIpc) is 2.98. The normalized spacial score (nSPS) is 30.6. The summed E-state index contributed by atoms with van der Waals surface area (Å²) in [4.78, 5) is 19.8. The molecule has 0 amide bonds. The van der Waals surface area contributed by atoms with Crippen molar-refractivity contribution in [3.05, 3.63) is 0 Å². The fourth-order valence-electron chi connectivity index (χ4n) is 3.41. The van der Waals surface area contributed by atoms with Crippen molar-refractivity contribution in [2.75, 3.05) is 39.4 Å². The summed E-state index contributed by atoms with van der Waals surface area (Å²) in [5.74, 6) is 0.118. The maximum atomic E-state index is 11.9. The molecule has 3 saturated heterocycles. The second-order valence-corrected chi connectivity index (χ2v) is 7.07. The smallest absolute Gasteiger partial charge is 0.330 e. The minimum atomic E-state index is -1.30. The van der Waals surface area contributed by atoms with Gasteiger partial charge in [0.05, 0.1) is 5.41 Å². The van der Waals surface area contributed by atoms with E-state index >= 15 is 0 Å². The zero-order chi connectivity index (χ0) is 14.4. The zero-order valence-electron chi connectivity index (χ0n) is 12.6. The van der Waals surface area contributed by atoms with Gasteiger partial charge in [0, 0.05) is 26.3 Å². The summed E-state index contributed by atoms with van der Waals surface area (Å²) < 4.78 is 11.9. The Morgan fingerprint density at radius 1 is 1.20 bits per heavy atom. The standard InChI is InChI=1S/C13H24BN2O4/c1-13(2,3)12(17)20-16-5-4-11(10-16)14-15(6-8-18-14)7-9-19-14/h11H,4-10H2,1-3H3/q-1. The number of fused-ring (bicyclic) bond motifs is 1. The summed E-state index contributed by atoms with van der Waals surface area (Å²) in [6.45, 7) is 9.18. The summed E-state index contributed by atoms with van der Waals surface area (Å²) in [6.07, 6.45) is 0.952. The Bertz CT molecular complexity index is 388. The van der Waals surface area contributed by atoms with Gasteiger partial charge in [-0.1, -0.05) is 12.2 Å². The van der Waals surface area contributed by atoms with Crippen LogP contribution in [0.1, 0.15) is 27.2 Å². The minimum absolute atomic E-state index is 0.181. The molecule has 3 fully saturated rings. The second-order valence-electron chi connectivity index (χ2n) is 7.07. The lowest BCUT2D eigenvalue weighted by atomic mass is 9.57. The highest BCUT2D eigenvalue weighted by atomic mass is 16.7. The number of carbonyl (C=O) groups excluding carboxylic acids is 1. The highest BCUT2D eigenvalue weighted by Crippen LogP contribution is 2.40. The summed E-state index contributed by atoms with van der Waals surface area (Å²) in [5.41, 5.74) is -0.471. The molecule has 3 heterocycles. The Morgan fingerprint density at radius 3 is 2.45 bits per heavy atom. The summed E-state index contributed by atoms with van der Waals surface area (Å²) in [5, 5.41) is 1.77. The Kier molecular flexibility index (Phi) is 3.57. The Hall–Kier alpha value is -0.625. The molecule has 0 N–H and O–H groups in total. The lowest BCUT2D eigenvalue weighted by Gasteiger charge is -2.41. The van der Waals surface area contributed by atoms with E-state index in [9.17, 15) is 4.79 Å². The van der Waals surface area contributed by atoms with Gasteiger partial charge in [-0.05, 0) is 33.9 Å². The van der Waals surface area contributed by atoms with Gasteiger partial charge in [0.25, 0.3) is 0 Å². The lowest BCUT2D eigenvalue weighted by Crippen LogP contribution is -2.52. The number of hydrogen-bond acceptors (Lipinski definition) is 6. The van der Waals surface area contributed by atoms with Crippen LogP contribution in [-0.2, 0) is 18.9 Å². The van der Waals surface area contributed by atoms with Crippen LogP contribution >= 0.6 is 0 Å². The van der Waals surface area contributed by atoms with Gasteiger partial charge in [-0.15, -0.1) is 5.06 Å². The first kappa shape index (κ1) is 14.3. The predicted molar refractivity (Wildman–Crippen MR) is 74.7 cm³/mol. The number of nitrogens with zero attached hydrogens (tertiary/aromatic N) is 2. The third kappa shape index (κ3) is 2.37. The van der Waals surface area contributed by atoms with E-state index in [0.717, 1.165) is 39.3 Å². The van der Waals surface area contributed by atoms with E-state index in [0.29, 0.717) is 12.4 Å². The van der Waals surface area contributed by atoms with Crippen LogP contribution in [0.3, 0.4) is 0 Å². The van der Waals surface area contributed by atoms with Gasteiger partial charge in [0.15, 0.2) is 0 Å². The maximum Gasteiger partial charge on any atom is 0.330 e. The Balaban J connectivity index is 1.61. The fourth-order valence-corrected chi connectivity index (χ4v) is 3.41. The maximum absolute atomic E-state index is 11.9. The van der Waals surface area contributed by atoms with Gasteiger partial charge >= 0.3 is 12.7 Å². The van der Waals surface area contributed by atoms with Gasteiger partial charge in [-0.2, -0.15) is 0 Å². The number of rotatable bonds is 2. The van der Waals surface area contributed by atoms with Crippen LogP contribution in [0.5, 0.6) is 0 Å². The molecular formula is C13H24BN2O4-. The van der Waals surface area contributed by atoms with E-state index in [1.165, 1.54) is 0 Å². The summed E-state index contributed by atoms with van der Waals surface area (Å²) in [7, 11) is 0. The molecule has 0 aromatic carbocycles. The van der Waals surface area contributed by atoms with Crippen LogP contribution < -0.4 is 0 Å². The third-order valence-electron chi connectivity index (χ3n) is 4.59. The first-order chi connectivity index (χ1) is 9.42. The van der Waals surface area contributed by atoms with Crippen LogP contribution in [-0.4, -0.2) is 61.9 Å². The molecule has 3 aliphatic heterocycles. The first-order valence-corrected chi connectivity index (χ1v) is 7.56. The summed E-state index contributed by atoms with van der Waals surface area (Å²) >= 11 is 0. The lowest BCUT2D eigenvalue weighted by molar-refractivity contribution is -0.195. The van der Waals surface area contributed by atoms with Crippen LogP contribution in [0.25, 0.3) is 0 Å². The largest absolute Gasteiger partial charge is 0.554 e. The molecule has 0 aromatic heterocycles. The molecule has 20 heavy (non-hydrogen) atoms. The average molecular weight is 283 g/mol. The van der Waals surface area contributed by atoms with E-state index in [2.05, 4.69) is 4.81 Å². The topological polar surface area (TPSA) is 51.2 Å². The van der Waals surface area contributed by atoms with Crippen molar-refractivity contribution in [1.82, 2.24) is 9.87 Å². The third-order valence-corrected chi connectivity index (χ3v) is 4.59. The Morgan fingerprint density at radius 2 is 1.85 bits per heavy atom. The van der Waals surface area contributed by atoms with Crippen LogP contribution in [0.2, 0.25) is 5.82 Å². The SMILES string of the molecule is CC(C)(C)C(=O)ON1CCC([B-]23OCCN2CCO3)C1. The van der Waals surface area contributed by atoms with Crippen molar-refractivity contribution in [2.45, 2.75) is 33.0 Å². The Labute approximate surface area is 120 Å². The molecule has 7 heteroatoms. The first-order valence-electron chi connectivity index (χ1n) is 7.56. The fraction of sp³-hybridized carbons (Fsp3) is 0.923. The predicted octanol–water partition coefficient (Wildman–Crippen LogP) is 0.868. The quantitative estimate of drug-likeness (QED) is 0.701. The highest BCUT2D eigenvalue weighted by Gasteiger charge is 2.50. The van der Waals surface area contributed by atoms with Gasteiger partial charge in [0.2, 0.25) is 0 Å². The molecule has 0 radical (unpaired) electrons. The molecule has 6 nitrogen and oxygen atoms in total. The molecule has 0 saturated carbocycles. The highest BCUT2D eigenvalue weighted by molar-refractivity contribution is 6.67. The number of hydrogen-bond donors (Lipinski definition) is 0. The van der Waals surface area contributed by atoms with Crippen LogP contribution in [0, 0.1) is 5.41 Å². The van der Waals surface area contributed by atoms with Gasteiger partial charge in [-0.25, -0.2) is 4.79 Å². The van der Waals surface area contributed by atoms with E-state index in [-0.39, 0.29) is 5.97 Å². The van der Waals surface area contributed by atoms with E-state index in [4.69, 9.17) is 14.1 Å². The molecule has 1 atom stereocenters. The number of hydroxylamine groups is 2. The van der Waals surface area contributed by atoms with Crippen LogP contribution in [0.4, 0.5) is 0 Å². The molecule has 0 aliphatic carbocycles. The van der Waals surface area contributed by atoms with Crippen molar-refractivity contribution in [3.63, 3.8) is 0 Å². The van der Waals surface area contributed by atoms with Crippen molar-refractivity contribution in [1.29, 1.82) is 0 Å². The van der Waals surface area contributed by atoms with Crippen molar-refractivity contribution in [2.24, 2.45) is 5.41 Å². The van der Waals surface area contributed by atoms with Crippen molar-refractivity contribution in [3.8, 4) is 0 Å². The molecule has 114 valence electrons. The number of carbonyl (C=O) groups is 1. The molecule has 0 spiro atoms. The monoisotopic (exact) mass is 283 g/mol. The van der Waals surface area contributed by atoms with Crippen LogP contribution in [0.15, 0.2) is 0 Å². The molecule has 3 rings (SSSR count). The molecule has 0 bridgehead atoms. The molecule has 0 aromatic rings. The van der Waals surface area contributed by atoms with Gasteiger partial charge < -0.3 is 19.0 Å². The summed E-state index contributed by atoms with van der Waals surface area (Å²) in [6, 6.07) is 0. The van der Waals surface area contributed by atoms with Crippen molar-refractivity contribution >= 4 is 12.7 Å².